The van der Waals surface area contributed by atoms with E-state index in [9.17, 15) is 9.59 Å². The van der Waals surface area contributed by atoms with Crippen molar-refractivity contribution in [2.24, 2.45) is 0 Å². The minimum Gasteiger partial charge on any atom is -0.491 e. The summed E-state index contributed by atoms with van der Waals surface area (Å²) in [4.78, 5) is 26.9. The van der Waals surface area contributed by atoms with Crippen molar-refractivity contribution in [1.29, 1.82) is 0 Å². The molecule has 0 bridgehead atoms. The molecule has 0 unspecified atom stereocenters. The van der Waals surface area contributed by atoms with Crippen LogP contribution < -0.4 is 10.1 Å². The summed E-state index contributed by atoms with van der Waals surface area (Å²) in [5, 5.41) is 2.64. The summed E-state index contributed by atoms with van der Waals surface area (Å²) in [6.07, 6.45) is 0.495. The number of rotatable bonds is 3. The summed E-state index contributed by atoms with van der Waals surface area (Å²) in [5.74, 6) is 0.915. The molecule has 22 heavy (non-hydrogen) atoms. The lowest BCUT2D eigenvalue weighted by molar-refractivity contribution is -0.130. The molecule has 0 saturated heterocycles. The largest absolute Gasteiger partial charge is 0.491 e. The Morgan fingerprint density at radius 3 is 2.86 bits per heavy atom. The van der Waals surface area contributed by atoms with E-state index < -0.39 is 0 Å². The van der Waals surface area contributed by atoms with E-state index in [1.54, 1.807) is 23.9 Å². The number of carbonyl (C=O) groups is 2. The molecule has 0 saturated carbocycles. The van der Waals surface area contributed by atoms with Gasteiger partial charge in [-0.05, 0) is 17.7 Å². The second kappa shape index (κ2) is 7.15. The van der Waals surface area contributed by atoms with Crippen molar-refractivity contribution in [2.75, 3.05) is 27.2 Å². The molecule has 1 aromatic rings. The van der Waals surface area contributed by atoms with Crippen LogP contribution in [0.15, 0.2) is 18.2 Å². The Morgan fingerprint density at radius 2 is 2.18 bits per heavy atom. The normalized spacial score (nSPS) is 13.7. The second-order valence-corrected chi connectivity index (χ2v) is 5.37. The van der Waals surface area contributed by atoms with Gasteiger partial charge in [-0.3, -0.25) is 4.79 Å². The number of hydrogen-bond acceptors (Lipinski definition) is 3. The molecule has 1 aliphatic rings. The third-order valence-corrected chi connectivity index (χ3v) is 3.75. The van der Waals surface area contributed by atoms with Crippen LogP contribution in [-0.4, -0.2) is 49.0 Å². The average Bonchev–Trinajstić information content (AvgIpc) is 2.75. The van der Waals surface area contributed by atoms with Gasteiger partial charge in [0.05, 0.1) is 13.1 Å². The summed E-state index contributed by atoms with van der Waals surface area (Å²) >= 11 is 0. The van der Waals surface area contributed by atoms with Gasteiger partial charge in [-0.1, -0.05) is 13.0 Å². The summed E-state index contributed by atoms with van der Waals surface area (Å²) in [5.41, 5.74) is 2.00. The molecular weight excluding hydrogens is 282 g/mol. The first-order valence-electron chi connectivity index (χ1n) is 7.50. The number of amides is 3. The van der Waals surface area contributed by atoms with Crippen LogP contribution in [0.5, 0.6) is 5.75 Å². The molecule has 0 spiro atoms. The number of nitrogens with one attached hydrogen (secondary N) is 1. The highest BCUT2D eigenvalue weighted by molar-refractivity contribution is 5.75. The second-order valence-electron chi connectivity index (χ2n) is 5.37. The van der Waals surface area contributed by atoms with Gasteiger partial charge in [-0.15, -0.1) is 0 Å². The van der Waals surface area contributed by atoms with Crippen LogP contribution in [0.2, 0.25) is 0 Å². The molecule has 6 nitrogen and oxygen atoms in total. The van der Waals surface area contributed by atoms with Crippen molar-refractivity contribution in [2.45, 2.75) is 26.4 Å². The van der Waals surface area contributed by atoms with E-state index in [1.165, 1.54) is 0 Å². The van der Waals surface area contributed by atoms with Gasteiger partial charge in [0.25, 0.3) is 0 Å². The molecule has 0 aromatic heterocycles. The third kappa shape index (κ3) is 3.69. The Kier molecular flexibility index (Phi) is 5.25. The zero-order valence-electron chi connectivity index (χ0n) is 13.4. The van der Waals surface area contributed by atoms with Crippen molar-refractivity contribution in [3.8, 4) is 5.75 Å². The van der Waals surface area contributed by atoms with E-state index in [-0.39, 0.29) is 11.9 Å². The zero-order valence-corrected chi connectivity index (χ0v) is 13.4. The fourth-order valence-corrected chi connectivity index (χ4v) is 2.51. The fourth-order valence-electron chi connectivity index (χ4n) is 2.51. The number of urea groups is 1. The fraction of sp³-hybridized carbons (Fsp3) is 0.500. The van der Waals surface area contributed by atoms with Gasteiger partial charge in [0.2, 0.25) is 5.91 Å². The molecule has 0 fully saturated rings. The minimum atomic E-state index is -0.111. The predicted molar refractivity (Wildman–Crippen MR) is 83.6 cm³/mol. The maximum Gasteiger partial charge on any atom is 0.317 e. The average molecular weight is 305 g/mol. The van der Waals surface area contributed by atoms with Crippen molar-refractivity contribution >= 4 is 11.9 Å². The molecule has 120 valence electrons. The standard InChI is InChI=1S/C16H23N3O3/c1-4-15(20)18(3)10-12-5-6-14-13(9-12)11-19(7-8-22-14)16(21)17-2/h5-6,9H,4,7-8,10-11H2,1-3H3,(H,17,21). The number of carbonyl (C=O) groups excluding carboxylic acids is 2. The molecule has 0 radical (unpaired) electrons. The number of ether oxygens (including phenoxy) is 1. The van der Waals surface area contributed by atoms with Crippen LogP contribution in [-0.2, 0) is 17.9 Å². The highest BCUT2D eigenvalue weighted by Crippen LogP contribution is 2.25. The lowest BCUT2D eigenvalue weighted by atomic mass is 10.1. The number of fused-ring (bicyclic) bond motifs is 1. The van der Waals surface area contributed by atoms with E-state index in [1.807, 2.05) is 25.1 Å². The van der Waals surface area contributed by atoms with Crippen molar-refractivity contribution in [3.05, 3.63) is 29.3 Å². The van der Waals surface area contributed by atoms with Gasteiger partial charge in [0.1, 0.15) is 12.4 Å². The Labute approximate surface area is 131 Å². The van der Waals surface area contributed by atoms with Gasteiger partial charge in [-0.25, -0.2) is 4.79 Å². The first-order chi connectivity index (χ1) is 10.5. The van der Waals surface area contributed by atoms with Crippen molar-refractivity contribution < 1.29 is 14.3 Å². The monoisotopic (exact) mass is 305 g/mol. The summed E-state index contributed by atoms with van der Waals surface area (Å²) in [6.45, 7) is 3.95. The summed E-state index contributed by atoms with van der Waals surface area (Å²) in [7, 11) is 3.42. The highest BCUT2D eigenvalue weighted by atomic mass is 16.5. The van der Waals surface area contributed by atoms with Crippen molar-refractivity contribution in [1.82, 2.24) is 15.1 Å². The quantitative estimate of drug-likeness (QED) is 0.922. The Hall–Kier alpha value is -2.24. The van der Waals surface area contributed by atoms with Gasteiger partial charge in [-0.2, -0.15) is 0 Å². The molecule has 0 atom stereocenters. The molecule has 6 heteroatoms. The lowest BCUT2D eigenvalue weighted by Crippen LogP contribution is -2.38. The topological polar surface area (TPSA) is 61.9 Å². The highest BCUT2D eigenvalue weighted by Gasteiger charge is 2.19. The Morgan fingerprint density at radius 1 is 1.41 bits per heavy atom. The van der Waals surface area contributed by atoms with Crippen LogP contribution in [0.25, 0.3) is 0 Å². The maximum absolute atomic E-state index is 11.8. The van der Waals surface area contributed by atoms with Crippen LogP contribution in [0.1, 0.15) is 24.5 Å². The molecule has 1 aliphatic heterocycles. The maximum atomic E-state index is 11.8. The lowest BCUT2D eigenvalue weighted by Gasteiger charge is -2.20. The van der Waals surface area contributed by atoms with Crippen molar-refractivity contribution in [3.63, 3.8) is 0 Å². The summed E-state index contributed by atoms with van der Waals surface area (Å²) < 4.78 is 5.70. The van der Waals surface area contributed by atoms with E-state index in [2.05, 4.69) is 5.32 Å². The van der Waals surface area contributed by atoms with E-state index in [0.29, 0.717) is 32.7 Å². The van der Waals surface area contributed by atoms with Gasteiger partial charge >= 0.3 is 6.03 Å². The van der Waals surface area contributed by atoms with Crippen LogP contribution in [0.4, 0.5) is 4.79 Å². The van der Waals surface area contributed by atoms with E-state index in [4.69, 9.17) is 4.74 Å². The molecule has 1 N–H and O–H groups in total. The van der Waals surface area contributed by atoms with Crippen LogP contribution >= 0.6 is 0 Å². The first-order valence-corrected chi connectivity index (χ1v) is 7.50. The minimum absolute atomic E-state index is 0.109. The number of hydrogen-bond donors (Lipinski definition) is 1. The smallest absolute Gasteiger partial charge is 0.317 e. The molecule has 2 rings (SSSR count). The molecule has 3 amide bonds. The Bertz CT molecular complexity index is 560. The molecule has 1 aromatic carbocycles. The molecular formula is C16H23N3O3. The third-order valence-electron chi connectivity index (χ3n) is 3.75. The first kappa shape index (κ1) is 16.1. The van der Waals surface area contributed by atoms with Gasteiger partial charge < -0.3 is 19.9 Å². The van der Waals surface area contributed by atoms with Gasteiger partial charge in [0, 0.05) is 32.6 Å². The Balaban J connectivity index is 2.16. The predicted octanol–water partition coefficient (Wildman–Crippen LogP) is 1.59. The SMILES string of the molecule is CCC(=O)N(C)Cc1ccc2c(c1)CN(C(=O)NC)CCO2. The van der Waals surface area contributed by atoms with E-state index in [0.717, 1.165) is 16.9 Å². The van der Waals surface area contributed by atoms with E-state index >= 15 is 0 Å². The van der Waals surface area contributed by atoms with Crippen LogP contribution in [0, 0.1) is 0 Å². The molecule has 1 heterocycles. The molecule has 0 aliphatic carbocycles. The summed E-state index contributed by atoms with van der Waals surface area (Å²) in [6, 6.07) is 5.78. The van der Waals surface area contributed by atoms with Crippen LogP contribution in [0.3, 0.4) is 0 Å². The number of benzene rings is 1. The van der Waals surface area contributed by atoms with Gasteiger partial charge in [0.15, 0.2) is 0 Å². The zero-order chi connectivity index (χ0) is 16.1. The number of nitrogens with zero attached hydrogens (tertiary/aromatic N) is 2.